The van der Waals surface area contributed by atoms with Crippen LogP contribution < -0.4 is 16.0 Å². The van der Waals surface area contributed by atoms with Crippen LogP contribution in [0.25, 0.3) is 0 Å². The van der Waals surface area contributed by atoms with Gasteiger partial charge in [0, 0.05) is 18.1 Å². The lowest BCUT2D eigenvalue weighted by atomic mass is 10.0. The van der Waals surface area contributed by atoms with Gasteiger partial charge < -0.3 is 16.0 Å². The summed E-state index contributed by atoms with van der Waals surface area (Å²) in [4.78, 5) is 27.7. The van der Waals surface area contributed by atoms with Crippen LogP contribution in [0.3, 0.4) is 0 Å². The molecule has 1 aliphatic heterocycles. The molecule has 1 aliphatic rings. The molecule has 0 saturated heterocycles. The summed E-state index contributed by atoms with van der Waals surface area (Å²) in [5.41, 5.74) is 3.73. The first-order chi connectivity index (χ1) is 11.5. The number of benzene rings is 1. The third kappa shape index (κ3) is 3.53. The first kappa shape index (κ1) is 16.0. The molecule has 0 aliphatic carbocycles. The van der Waals surface area contributed by atoms with Crippen LogP contribution >= 0.6 is 0 Å². The Labute approximate surface area is 140 Å². The van der Waals surface area contributed by atoms with Crippen LogP contribution in [0.2, 0.25) is 0 Å². The van der Waals surface area contributed by atoms with E-state index in [-0.39, 0.29) is 24.0 Å². The first-order valence-corrected chi connectivity index (χ1v) is 7.92. The van der Waals surface area contributed by atoms with Gasteiger partial charge in [0.1, 0.15) is 0 Å². The molecule has 0 radical (unpaired) electrons. The molecule has 3 amide bonds. The van der Waals surface area contributed by atoms with E-state index in [9.17, 15) is 9.59 Å². The summed E-state index contributed by atoms with van der Waals surface area (Å²) >= 11 is 0. The van der Waals surface area contributed by atoms with Crippen molar-refractivity contribution in [3.8, 4) is 0 Å². The summed E-state index contributed by atoms with van der Waals surface area (Å²) in [6, 6.07) is 8.99. The lowest BCUT2D eigenvalue weighted by Gasteiger charge is -2.19. The molecule has 2 unspecified atom stereocenters. The quantitative estimate of drug-likeness (QED) is 0.808. The highest BCUT2D eigenvalue weighted by atomic mass is 16.2. The molecule has 0 bridgehead atoms. The molecule has 6 nitrogen and oxygen atoms in total. The molecule has 0 saturated carbocycles. The number of nitrogens with zero attached hydrogens (tertiary/aromatic N) is 1. The van der Waals surface area contributed by atoms with Crippen LogP contribution in [0, 0.1) is 0 Å². The average molecular weight is 324 g/mol. The van der Waals surface area contributed by atoms with Crippen LogP contribution in [-0.4, -0.2) is 16.9 Å². The second kappa shape index (κ2) is 6.70. The van der Waals surface area contributed by atoms with Crippen molar-refractivity contribution in [2.75, 3.05) is 5.32 Å². The van der Waals surface area contributed by atoms with Gasteiger partial charge in [-0.2, -0.15) is 0 Å². The number of rotatable bonds is 4. The molecular formula is C18H20N4O2. The molecule has 0 fully saturated rings. The summed E-state index contributed by atoms with van der Waals surface area (Å²) in [5.74, 6) is 0.00537. The zero-order chi connectivity index (χ0) is 17.1. The number of carbonyl (C=O) groups is 2. The van der Waals surface area contributed by atoms with Gasteiger partial charge in [-0.3, -0.25) is 9.78 Å². The monoisotopic (exact) mass is 324 g/mol. The number of aromatic nitrogens is 1. The molecular weight excluding hydrogens is 304 g/mol. The predicted octanol–water partition coefficient (Wildman–Crippen LogP) is 2.70. The van der Waals surface area contributed by atoms with Crippen molar-refractivity contribution in [2.24, 2.45) is 0 Å². The Morgan fingerprint density at radius 1 is 1.17 bits per heavy atom. The number of hydrogen-bond donors (Lipinski definition) is 3. The van der Waals surface area contributed by atoms with Gasteiger partial charge >= 0.3 is 6.03 Å². The standard InChI is InChI=1S/C18H20N4O2/c1-11(13-5-6-16-15(8-13)9-17(23)22-16)20-18(24)21-12(2)14-4-3-7-19-10-14/h3-8,10-12H,9H2,1-2H3,(H,22,23)(H2,20,21,24). The minimum atomic E-state index is -0.242. The van der Waals surface area contributed by atoms with Crippen molar-refractivity contribution in [2.45, 2.75) is 32.4 Å². The SMILES string of the molecule is CC(NC(=O)NC(C)c1ccc2c(c1)CC(=O)N2)c1cccnc1. The number of urea groups is 1. The summed E-state index contributed by atoms with van der Waals surface area (Å²) in [5, 5.41) is 8.63. The van der Waals surface area contributed by atoms with Gasteiger partial charge in [-0.05, 0) is 42.7 Å². The smallest absolute Gasteiger partial charge is 0.315 e. The normalized spacial score (nSPS) is 15.2. The van der Waals surface area contributed by atoms with Gasteiger partial charge in [-0.1, -0.05) is 18.2 Å². The van der Waals surface area contributed by atoms with Gasteiger partial charge in [-0.15, -0.1) is 0 Å². The fourth-order valence-electron chi connectivity index (χ4n) is 2.75. The second-order valence-corrected chi connectivity index (χ2v) is 5.99. The Balaban J connectivity index is 1.60. The largest absolute Gasteiger partial charge is 0.332 e. The average Bonchev–Trinajstić information content (AvgIpc) is 2.94. The lowest BCUT2D eigenvalue weighted by Crippen LogP contribution is -2.38. The second-order valence-electron chi connectivity index (χ2n) is 5.99. The summed E-state index contributed by atoms with van der Waals surface area (Å²) in [6.07, 6.45) is 3.82. The van der Waals surface area contributed by atoms with Crippen molar-refractivity contribution in [3.63, 3.8) is 0 Å². The third-order valence-electron chi connectivity index (χ3n) is 4.13. The van der Waals surface area contributed by atoms with E-state index in [1.54, 1.807) is 12.4 Å². The third-order valence-corrected chi connectivity index (χ3v) is 4.13. The van der Waals surface area contributed by atoms with Crippen LogP contribution in [0.15, 0.2) is 42.7 Å². The van der Waals surface area contributed by atoms with E-state index in [0.29, 0.717) is 6.42 Å². The zero-order valence-corrected chi connectivity index (χ0v) is 13.7. The van der Waals surface area contributed by atoms with Crippen molar-refractivity contribution in [3.05, 3.63) is 59.4 Å². The van der Waals surface area contributed by atoms with E-state index in [2.05, 4.69) is 20.9 Å². The molecule has 3 N–H and O–H groups in total. The number of pyridine rings is 1. The highest BCUT2D eigenvalue weighted by Crippen LogP contribution is 2.26. The highest BCUT2D eigenvalue weighted by molar-refractivity contribution is 5.99. The molecule has 1 aromatic heterocycles. The fourth-order valence-corrected chi connectivity index (χ4v) is 2.75. The summed E-state index contributed by atoms with van der Waals surface area (Å²) in [6.45, 7) is 3.83. The lowest BCUT2D eigenvalue weighted by molar-refractivity contribution is -0.115. The maximum Gasteiger partial charge on any atom is 0.315 e. The van der Waals surface area contributed by atoms with Crippen LogP contribution in [0.4, 0.5) is 10.5 Å². The molecule has 1 aromatic carbocycles. The minimum absolute atomic E-state index is 0.00537. The summed E-state index contributed by atoms with van der Waals surface area (Å²) in [7, 11) is 0. The molecule has 0 spiro atoms. The van der Waals surface area contributed by atoms with Crippen LogP contribution in [-0.2, 0) is 11.2 Å². The number of fused-ring (bicyclic) bond motifs is 1. The Bertz CT molecular complexity index is 761. The minimum Gasteiger partial charge on any atom is -0.332 e. The van der Waals surface area contributed by atoms with E-state index in [1.165, 1.54) is 0 Å². The molecule has 3 rings (SSSR count). The molecule has 2 atom stereocenters. The van der Waals surface area contributed by atoms with E-state index in [4.69, 9.17) is 0 Å². The number of amides is 3. The van der Waals surface area contributed by atoms with Gasteiger partial charge in [0.2, 0.25) is 5.91 Å². The van der Waals surface area contributed by atoms with Gasteiger partial charge in [0.05, 0.1) is 18.5 Å². The summed E-state index contributed by atoms with van der Waals surface area (Å²) < 4.78 is 0. The Kier molecular flexibility index (Phi) is 4.46. The van der Waals surface area contributed by atoms with E-state index in [1.807, 2.05) is 44.2 Å². The van der Waals surface area contributed by atoms with Crippen molar-refractivity contribution in [1.82, 2.24) is 15.6 Å². The Morgan fingerprint density at radius 2 is 1.92 bits per heavy atom. The number of hydrogen-bond acceptors (Lipinski definition) is 3. The molecule has 24 heavy (non-hydrogen) atoms. The Morgan fingerprint density at radius 3 is 2.62 bits per heavy atom. The number of anilines is 1. The molecule has 124 valence electrons. The maximum absolute atomic E-state index is 12.2. The number of nitrogens with one attached hydrogen (secondary N) is 3. The van der Waals surface area contributed by atoms with Crippen LogP contribution in [0.1, 0.15) is 42.6 Å². The molecule has 2 aromatic rings. The zero-order valence-electron chi connectivity index (χ0n) is 13.7. The predicted molar refractivity (Wildman–Crippen MR) is 91.5 cm³/mol. The Hall–Kier alpha value is -2.89. The maximum atomic E-state index is 12.2. The highest BCUT2D eigenvalue weighted by Gasteiger charge is 2.19. The topological polar surface area (TPSA) is 83.1 Å². The van der Waals surface area contributed by atoms with Crippen molar-refractivity contribution < 1.29 is 9.59 Å². The van der Waals surface area contributed by atoms with Gasteiger partial charge in [0.15, 0.2) is 0 Å². The van der Waals surface area contributed by atoms with E-state index < -0.39 is 0 Å². The van der Waals surface area contributed by atoms with E-state index in [0.717, 1.165) is 22.4 Å². The number of carbonyl (C=O) groups excluding carboxylic acids is 2. The molecule has 2 heterocycles. The van der Waals surface area contributed by atoms with Crippen molar-refractivity contribution in [1.29, 1.82) is 0 Å². The van der Waals surface area contributed by atoms with Gasteiger partial charge in [0.25, 0.3) is 0 Å². The van der Waals surface area contributed by atoms with E-state index >= 15 is 0 Å². The van der Waals surface area contributed by atoms with Gasteiger partial charge in [-0.25, -0.2) is 4.79 Å². The molecule has 6 heteroatoms. The van der Waals surface area contributed by atoms with Crippen LogP contribution in [0.5, 0.6) is 0 Å². The first-order valence-electron chi connectivity index (χ1n) is 7.92. The fraction of sp³-hybridized carbons (Fsp3) is 0.278. The van der Waals surface area contributed by atoms with Crippen molar-refractivity contribution >= 4 is 17.6 Å².